The summed E-state index contributed by atoms with van der Waals surface area (Å²) in [5, 5.41) is 2.65. The normalized spacial score (nSPS) is 11.5. The van der Waals surface area contributed by atoms with Gasteiger partial charge in [-0.25, -0.2) is 0 Å². The molecule has 1 unspecified atom stereocenters. The molecule has 2 aromatic rings. The van der Waals surface area contributed by atoms with Gasteiger partial charge < -0.3 is 15.0 Å². The highest BCUT2D eigenvalue weighted by molar-refractivity contribution is 9.10. The summed E-state index contributed by atoms with van der Waals surface area (Å²) in [7, 11) is 1.59. The van der Waals surface area contributed by atoms with Crippen molar-refractivity contribution < 1.29 is 14.3 Å². The number of rotatable bonds is 9. The van der Waals surface area contributed by atoms with Crippen molar-refractivity contribution in [2.24, 2.45) is 0 Å². The molecule has 0 bridgehead atoms. The van der Waals surface area contributed by atoms with Gasteiger partial charge in [-0.15, -0.1) is 0 Å². The Morgan fingerprint density at radius 2 is 1.78 bits per heavy atom. The summed E-state index contributed by atoms with van der Waals surface area (Å²) >= 11 is 3.37. The van der Waals surface area contributed by atoms with Gasteiger partial charge in [0.25, 0.3) is 5.91 Å². The highest BCUT2D eigenvalue weighted by atomic mass is 79.9. The first-order valence-electron chi connectivity index (χ1n) is 8.98. The minimum Gasteiger partial charge on any atom is -0.484 e. The summed E-state index contributed by atoms with van der Waals surface area (Å²) < 4.78 is 6.56. The molecule has 27 heavy (non-hydrogen) atoms. The van der Waals surface area contributed by atoms with E-state index in [-0.39, 0.29) is 18.4 Å². The minimum absolute atomic E-state index is 0.107. The number of amides is 2. The maximum atomic E-state index is 12.8. The zero-order chi connectivity index (χ0) is 19.6. The maximum absolute atomic E-state index is 12.8. The van der Waals surface area contributed by atoms with Gasteiger partial charge in [-0.05, 0) is 42.7 Å². The van der Waals surface area contributed by atoms with E-state index in [1.807, 2.05) is 49.4 Å². The third-order valence-corrected chi connectivity index (χ3v) is 4.82. The summed E-state index contributed by atoms with van der Waals surface area (Å²) in [5.74, 6) is 0.245. The van der Waals surface area contributed by atoms with Crippen LogP contribution in [0.2, 0.25) is 0 Å². The lowest BCUT2D eigenvalue weighted by atomic mass is 10.1. The fraction of sp³-hybridized carbons (Fsp3) is 0.333. The van der Waals surface area contributed by atoms with Crippen molar-refractivity contribution in [1.29, 1.82) is 0 Å². The van der Waals surface area contributed by atoms with Crippen molar-refractivity contribution in [2.75, 3.05) is 20.2 Å². The molecule has 1 atom stereocenters. The van der Waals surface area contributed by atoms with Crippen LogP contribution in [0, 0.1) is 0 Å². The van der Waals surface area contributed by atoms with Crippen LogP contribution in [0.5, 0.6) is 5.75 Å². The first kappa shape index (κ1) is 21.0. The molecule has 5 nitrogen and oxygen atoms in total. The number of ether oxygens (including phenoxy) is 1. The van der Waals surface area contributed by atoms with Gasteiger partial charge in [0.05, 0.1) is 0 Å². The van der Waals surface area contributed by atoms with Crippen LogP contribution < -0.4 is 10.1 Å². The van der Waals surface area contributed by atoms with E-state index in [1.54, 1.807) is 24.1 Å². The Kier molecular flexibility index (Phi) is 8.33. The maximum Gasteiger partial charge on any atom is 0.261 e. The van der Waals surface area contributed by atoms with Gasteiger partial charge in [0.15, 0.2) is 6.61 Å². The van der Waals surface area contributed by atoms with Crippen LogP contribution in [0.1, 0.15) is 18.9 Å². The van der Waals surface area contributed by atoms with E-state index >= 15 is 0 Å². The second-order valence-electron chi connectivity index (χ2n) is 6.10. The van der Waals surface area contributed by atoms with Crippen LogP contribution in [-0.2, 0) is 16.0 Å². The van der Waals surface area contributed by atoms with E-state index in [4.69, 9.17) is 4.74 Å². The van der Waals surface area contributed by atoms with Gasteiger partial charge in [0, 0.05) is 18.1 Å². The number of carbonyl (C=O) groups is 2. The molecule has 0 spiro atoms. The van der Waals surface area contributed by atoms with Crippen molar-refractivity contribution in [2.45, 2.75) is 25.8 Å². The molecule has 0 aromatic heterocycles. The van der Waals surface area contributed by atoms with Gasteiger partial charge in [-0.3, -0.25) is 9.59 Å². The monoisotopic (exact) mass is 432 g/mol. The Labute approximate surface area is 168 Å². The molecule has 144 valence electrons. The minimum atomic E-state index is -0.514. The SMILES string of the molecule is CCC(C(=O)NC)N(CCc1ccccc1)C(=O)COc1ccc(Br)cc1. The molecule has 1 N–H and O–H groups in total. The predicted molar refractivity (Wildman–Crippen MR) is 110 cm³/mol. The number of nitrogens with zero attached hydrogens (tertiary/aromatic N) is 1. The Balaban J connectivity index is 2.07. The number of benzene rings is 2. The van der Waals surface area contributed by atoms with Gasteiger partial charge >= 0.3 is 0 Å². The molecule has 0 aliphatic heterocycles. The highest BCUT2D eigenvalue weighted by Gasteiger charge is 2.27. The quantitative estimate of drug-likeness (QED) is 0.660. The number of likely N-dealkylation sites (N-methyl/N-ethyl adjacent to an activating group) is 1. The second-order valence-corrected chi connectivity index (χ2v) is 7.02. The van der Waals surface area contributed by atoms with Crippen LogP contribution in [0.15, 0.2) is 59.1 Å². The number of nitrogens with one attached hydrogen (secondary N) is 1. The fourth-order valence-electron chi connectivity index (χ4n) is 2.82. The molecule has 2 aromatic carbocycles. The van der Waals surface area contributed by atoms with Crippen LogP contribution >= 0.6 is 15.9 Å². The Hall–Kier alpha value is -2.34. The molecule has 0 heterocycles. The standard InChI is InChI=1S/C21H25BrN2O3/c1-3-19(21(26)23-2)24(14-13-16-7-5-4-6-8-16)20(25)15-27-18-11-9-17(22)10-12-18/h4-12,19H,3,13-15H2,1-2H3,(H,23,26). The van der Waals surface area contributed by atoms with Gasteiger partial charge in [-0.2, -0.15) is 0 Å². The molecular weight excluding hydrogens is 408 g/mol. The topological polar surface area (TPSA) is 58.6 Å². The van der Waals surface area contributed by atoms with E-state index in [9.17, 15) is 9.59 Å². The largest absolute Gasteiger partial charge is 0.484 e. The number of hydrogen-bond acceptors (Lipinski definition) is 3. The lowest BCUT2D eigenvalue weighted by Crippen LogP contribution is -2.50. The lowest BCUT2D eigenvalue weighted by Gasteiger charge is -2.30. The Bertz CT molecular complexity index is 735. The molecule has 6 heteroatoms. The van der Waals surface area contributed by atoms with E-state index in [1.165, 1.54) is 0 Å². The summed E-state index contributed by atoms with van der Waals surface area (Å²) in [6, 6.07) is 16.7. The Morgan fingerprint density at radius 1 is 1.11 bits per heavy atom. The molecule has 0 aliphatic carbocycles. The summed E-state index contributed by atoms with van der Waals surface area (Å²) in [5.41, 5.74) is 1.12. The Morgan fingerprint density at radius 3 is 2.37 bits per heavy atom. The molecule has 2 amide bonds. The first-order valence-corrected chi connectivity index (χ1v) is 9.77. The molecule has 0 saturated carbocycles. The molecule has 2 rings (SSSR count). The molecule has 0 saturated heterocycles. The summed E-state index contributed by atoms with van der Waals surface area (Å²) in [4.78, 5) is 26.7. The molecule has 0 fully saturated rings. The van der Waals surface area contributed by atoms with Crippen LogP contribution in [0.4, 0.5) is 0 Å². The molecular formula is C21H25BrN2O3. The van der Waals surface area contributed by atoms with Crippen LogP contribution in [-0.4, -0.2) is 43.0 Å². The number of carbonyl (C=O) groups excluding carboxylic acids is 2. The zero-order valence-corrected chi connectivity index (χ0v) is 17.2. The van der Waals surface area contributed by atoms with E-state index in [0.29, 0.717) is 25.1 Å². The van der Waals surface area contributed by atoms with Gasteiger partial charge in [0.2, 0.25) is 5.91 Å². The average molecular weight is 433 g/mol. The van der Waals surface area contributed by atoms with E-state index in [2.05, 4.69) is 21.2 Å². The van der Waals surface area contributed by atoms with Crippen molar-refractivity contribution in [3.63, 3.8) is 0 Å². The van der Waals surface area contributed by atoms with E-state index < -0.39 is 6.04 Å². The zero-order valence-electron chi connectivity index (χ0n) is 15.7. The van der Waals surface area contributed by atoms with Crippen molar-refractivity contribution in [3.05, 3.63) is 64.6 Å². The summed E-state index contributed by atoms with van der Waals surface area (Å²) in [6.45, 7) is 2.25. The van der Waals surface area contributed by atoms with Gasteiger partial charge in [-0.1, -0.05) is 53.2 Å². The van der Waals surface area contributed by atoms with Crippen LogP contribution in [0.3, 0.4) is 0 Å². The van der Waals surface area contributed by atoms with Crippen molar-refractivity contribution in [3.8, 4) is 5.75 Å². The van der Waals surface area contributed by atoms with Crippen molar-refractivity contribution in [1.82, 2.24) is 10.2 Å². The smallest absolute Gasteiger partial charge is 0.261 e. The molecule has 0 aliphatic rings. The number of hydrogen-bond donors (Lipinski definition) is 1. The fourth-order valence-corrected chi connectivity index (χ4v) is 3.09. The number of halogens is 1. The van der Waals surface area contributed by atoms with Crippen LogP contribution in [0.25, 0.3) is 0 Å². The van der Waals surface area contributed by atoms with Crippen molar-refractivity contribution >= 4 is 27.7 Å². The predicted octanol–water partition coefficient (Wildman–Crippen LogP) is 3.42. The summed E-state index contributed by atoms with van der Waals surface area (Å²) in [6.07, 6.45) is 1.22. The highest BCUT2D eigenvalue weighted by Crippen LogP contribution is 2.16. The first-order chi connectivity index (χ1) is 13.0. The van der Waals surface area contributed by atoms with Gasteiger partial charge in [0.1, 0.15) is 11.8 Å². The average Bonchev–Trinajstić information content (AvgIpc) is 2.70. The third-order valence-electron chi connectivity index (χ3n) is 4.29. The van der Waals surface area contributed by atoms with E-state index in [0.717, 1.165) is 10.0 Å². The molecule has 0 radical (unpaired) electrons. The third kappa shape index (κ3) is 6.40. The second kappa shape index (κ2) is 10.7. The lowest BCUT2D eigenvalue weighted by molar-refractivity contribution is -0.142.